The molecule has 0 saturated heterocycles. The average molecular weight is 269 g/mol. The van der Waals surface area contributed by atoms with E-state index >= 15 is 0 Å². The summed E-state index contributed by atoms with van der Waals surface area (Å²) in [5, 5.41) is 12.1. The molecule has 20 heavy (non-hydrogen) atoms. The monoisotopic (exact) mass is 269 g/mol. The highest BCUT2D eigenvalue weighted by atomic mass is 16.3. The van der Waals surface area contributed by atoms with Gasteiger partial charge in [0.15, 0.2) is 0 Å². The zero-order valence-electron chi connectivity index (χ0n) is 11.4. The van der Waals surface area contributed by atoms with Crippen molar-refractivity contribution in [3.05, 3.63) is 65.7 Å². The molecule has 2 rings (SSSR count). The third-order valence-corrected chi connectivity index (χ3v) is 3.17. The zero-order valence-corrected chi connectivity index (χ0v) is 11.4. The topological polar surface area (TPSA) is 49.3 Å². The quantitative estimate of drug-likeness (QED) is 0.846. The van der Waals surface area contributed by atoms with Crippen LogP contribution in [0.5, 0.6) is 0 Å². The first-order chi connectivity index (χ1) is 9.79. The standard InChI is InChI=1S/C17H19NO2/c19-13-15-10-4-5-11-16(15)18-17(20)12-6-9-14-7-2-1-3-8-14/h1-5,7-8,10-11,19H,6,9,12-13H2,(H,18,20). The average Bonchev–Trinajstić information content (AvgIpc) is 2.49. The highest BCUT2D eigenvalue weighted by Gasteiger charge is 2.05. The molecule has 3 heteroatoms. The second-order valence-electron chi connectivity index (χ2n) is 4.70. The number of amides is 1. The fourth-order valence-corrected chi connectivity index (χ4v) is 2.09. The van der Waals surface area contributed by atoms with Crippen LogP contribution >= 0.6 is 0 Å². The lowest BCUT2D eigenvalue weighted by Crippen LogP contribution is -2.13. The Morgan fingerprint density at radius 2 is 1.70 bits per heavy atom. The van der Waals surface area contributed by atoms with Crippen LogP contribution in [0.4, 0.5) is 5.69 Å². The minimum Gasteiger partial charge on any atom is -0.392 e. The van der Waals surface area contributed by atoms with Crippen LogP contribution in [0.15, 0.2) is 54.6 Å². The first kappa shape index (κ1) is 14.3. The smallest absolute Gasteiger partial charge is 0.224 e. The lowest BCUT2D eigenvalue weighted by molar-refractivity contribution is -0.116. The van der Waals surface area contributed by atoms with Crippen LogP contribution in [0, 0.1) is 0 Å². The summed E-state index contributed by atoms with van der Waals surface area (Å²) in [7, 11) is 0. The van der Waals surface area contributed by atoms with E-state index in [2.05, 4.69) is 17.4 Å². The molecule has 0 aliphatic heterocycles. The molecular weight excluding hydrogens is 250 g/mol. The van der Waals surface area contributed by atoms with Crippen molar-refractivity contribution >= 4 is 11.6 Å². The minimum atomic E-state index is -0.0690. The van der Waals surface area contributed by atoms with Crippen molar-refractivity contribution in [2.45, 2.75) is 25.9 Å². The minimum absolute atomic E-state index is 0.0122. The van der Waals surface area contributed by atoms with Gasteiger partial charge in [-0.3, -0.25) is 4.79 Å². The Labute approximate surface area is 119 Å². The molecule has 1 amide bonds. The molecule has 0 heterocycles. The van der Waals surface area contributed by atoms with E-state index in [1.807, 2.05) is 30.3 Å². The van der Waals surface area contributed by atoms with Crippen molar-refractivity contribution in [1.82, 2.24) is 0 Å². The van der Waals surface area contributed by atoms with Crippen molar-refractivity contribution in [2.24, 2.45) is 0 Å². The van der Waals surface area contributed by atoms with Gasteiger partial charge in [0.1, 0.15) is 0 Å². The molecule has 104 valence electrons. The third kappa shape index (κ3) is 4.21. The lowest BCUT2D eigenvalue weighted by Gasteiger charge is -2.09. The van der Waals surface area contributed by atoms with Crippen LogP contribution in [0.1, 0.15) is 24.0 Å². The zero-order chi connectivity index (χ0) is 14.2. The number of hydrogen-bond donors (Lipinski definition) is 2. The maximum atomic E-state index is 11.9. The Hall–Kier alpha value is -2.13. The van der Waals surface area contributed by atoms with Gasteiger partial charge in [0.2, 0.25) is 5.91 Å². The van der Waals surface area contributed by atoms with Gasteiger partial charge < -0.3 is 10.4 Å². The summed E-state index contributed by atoms with van der Waals surface area (Å²) in [5.41, 5.74) is 2.68. The van der Waals surface area contributed by atoms with Gasteiger partial charge in [-0.1, -0.05) is 48.5 Å². The predicted molar refractivity (Wildman–Crippen MR) is 80.4 cm³/mol. The number of carbonyl (C=O) groups is 1. The van der Waals surface area contributed by atoms with Crippen molar-refractivity contribution in [1.29, 1.82) is 0 Å². The SMILES string of the molecule is O=C(CCCc1ccccc1)Nc1ccccc1CO. The first-order valence-corrected chi connectivity index (χ1v) is 6.82. The Morgan fingerprint density at radius 1 is 1.00 bits per heavy atom. The van der Waals surface area contributed by atoms with Crippen molar-refractivity contribution in [3.8, 4) is 0 Å². The second kappa shape index (κ2) is 7.46. The van der Waals surface area contributed by atoms with Gasteiger partial charge in [0, 0.05) is 17.7 Å². The fourth-order valence-electron chi connectivity index (χ4n) is 2.09. The number of para-hydroxylation sites is 1. The number of anilines is 1. The molecule has 0 aliphatic rings. The molecule has 0 unspecified atom stereocenters. The number of rotatable bonds is 6. The van der Waals surface area contributed by atoms with Gasteiger partial charge in [-0.2, -0.15) is 0 Å². The molecule has 0 atom stereocenters. The summed E-state index contributed by atoms with van der Waals surface area (Å²) >= 11 is 0. The molecule has 0 spiro atoms. The van der Waals surface area contributed by atoms with E-state index in [4.69, 9.17) is 0 Å². The number of carbonyl (C=O) groups excluding carboxylic acids is 1. The number of hydrogen-bond acceptors (Lipinski definition) is 2. The summed E-state index contributed by atoms with van der Waals surface area (Å²) < 4.78 is 0. The van der Waals surface area contributed by atoms with Crippen LogP contribution in [-0.4, -0.2) is 11.0 Å². The van der Waals surface area contributed by atoms with E-state index in [1.54, 1.807) is 12.1 Å². The lowest BCUT2D eigenvalue weighted by atomic mass is 10.1. The summed E-state index contributed by atoms with van der Waals surface area (Å²) in [6.45, 7) is -0.0690. The Balaban J connectivity index is 1.81. The van der Waals surface area contributed by atoms with E-state index in [0.29, 0.717) is 12.1 Å². The Morgan fingerprint density at radius 3 is 2.45 bits per heavy atom. The van der Waals surface area contributed by atoms with Crippen molar-refractivity contribution in [2.75, 3.05) is 5.32 Å². The molecule has 0 aromatic heterocycles. The van der Waals surface area contributed by atoms with Crippen molar-refractivity contribution in [3.63, 3.8) is 0 Å². The summed E-state index contributed by atoms with van der Waals surface area (Å²) in [6.07, 6.45) is 2.20. The van der Waals surface area contributed by atoms with Crippen LogP contribution in [0.2, 0.25) is 0 Å². The number of aliphatic hydroxyl groups excluding tert-OH is 1. The number of benzene rings is 2. The predicted octanol–water partition coefficient (Wildman–Crippen LogP) is 3.14. The highest BCUT2D eigenvalue weighted by Crippen LogP contribution is 2.15. The van der Waals surface area contributed by atoms with Gasteiger partial charge >= 0.3 is 0 Å². The maximum absolute atomic E-state index is 11.9. The highest BCUT2D eigenvalue weighted by molar-refractivity contribution is 5.91. The van der Waals surface area contributed by atoms with E-state index < -0.39 is 0 Å². The Kier molecular flexibility index (Phi) is 5.33. The number of nitrogens with one attached hydrogen (secondary N) is 1. The summed E-state index contributed by atoms with van der Waals surface area (Å²) in [6, 6.07) is 17.4. The van der Waals surface area contributed by atoms with Crippen LogP contribution in [-0.2, 0) is 17.8 Å². The van der Waals surface area contributed by atoms with Gasteiger partial charge in [-0.15, -0.1) is 0 Å². The van der Waals surface area contributed by atoms with Crippen LogP contribution < -0.4 is 5.32 Å². The maximum Gasteiger partial charge on any atom is 0.224 e. The molecule has 2 aromatic carbocycles. The van der Waals surface area contributed by atoms with Crippen LogP contribution in [0.25, 0.3) is 0 Å². The molecular formula is C17H19NO2. The number of aryl methyl sites for hydroxylation is 1. The molecule has 3 nitrogen and oxygen atoms in total. The van der Waals surface area contributed by atoms with Crippen molar-refractivity contribution < 1.29 is 9.90 Å². The van der Waals surface area contributed by atoms with E-state index in [0.717, 1.165) is 18.4 Å². The van der Waals surface area contributed by atoms with E-state index in [9.17, 15) is 9.90 Å². The molecule has 0 bridgehead atoms. The molecule has 0 radical (unpaired) electrons. The summed E-state index contributed by atoms with van der Waals surface area (Å²) in [4.78, 5) is 11.9. The molecule has 2 aromatic rings. The number of aliphatic hydroxyl groups is 1. The van der Waals surface area contributed by atoms with E-state index in [-0.39, 0.29) is 12.5 Å². The largest absolute Gasteiger partial charge is 0.392 e. The van der Waals surface area contributed by atoms with E-state index in [1.165, 1.54) is 5.56 Å². The first-order valence-electron chi connectivity index (χ1n) is 6.82. The van der Waals surface area contributed by atoms with Gasteiger partial charge in [-0.05, 0) is 24.5 Å². The fraction of sp³-hybridized carbons (Fsp3) is 0.235. The third-order valence-electron chi connectivity index (χ3n) is 3.17. The van der Waals surface area contributed by atoms with Gasteiger partial charge in [-0.25, -0.2) is 0 Å². The van der Waals surface area contributed by atoms with Gasteiger partial charge in [0.25, 0.3) is 0 Å². The van der Waals surface area contributed by atoms with Crippen LogP contribution in [0.3, 0.4) is 0 Å². The molecule has 2 N–H and O–H groups in total. The van der Waals surface area contributed by atoms with Gasteiger partial charge in [0.05, 0.1) is 6.61 Å². The summed E-state index contributed by atoms with van der Waals surface area (Å²) in [5.74, 6) is -0.0122. The normalized spacial score (nSPS) is 10.2. The molecule has 0 saturated carbocycles. The Bertz CT molecular complexity index is 552. The molecule has 0 fully saturated rings. The molecule has 0 aliphatic carbocycles. The second-order valence-corrected chi connectivity index (χ2v) is 4.70.